The molecule has 0 aromatic carbocycles. The molecule has 0 atom stereocenters. The van der Waals surface area contributed by atoms with Crippen LogP contribution in [0.25, 0.3) is 0 Å². The molecule has 0 saturated heterocycles. The molecule has 0 unspecified atom stereocenters. The first-order valence-electron chi connectivity index (χ1n) is 1.92. The molecular weight excluding hydrogens is 84.5 g/mol. The fourth-order valence-corrected chi connectivity index (χ4v) is 0.250. The van der Waals surface area contributed by atoms with Gasteiger partial charge in [0.25, 0.3) is 0 Å². The van der Waals surface area contributed by atoms with E-state index in [2.05, 4.69) is 4.74 Å². The van der Waals surface area contributed by atoms with Crippen molar-refractivity contribution in [2.24, 2.45) is 0 Å². The molecule has 0 aromatic rings. The normalized spacial score (nSPS) is 11.6. The summed E-state index contributed by atoms with van der Waals surface area (Å²) in [7, 11) is 16.7. The lowest BCUT2D eigenvalue weighted by Crippen LogP contribution is -2.18. The van der Waals surface area contributed by atoms with Crippen molar-refractivity contribution in [2.75, 3.05) is 13.7 Å². The van der Waals surface area contributed by atoms with Crippen molar-refractivity contribution in [1.29, 1.82) is 0 Å². The summed E-state index contributed by atoms with van der Waals surface area (Å²) in [6.45, 7) is 0.174. The maximum atomic E-state index is 5.08. The summed E-state index contributed by atoms with van der Waals surface area (Å²) < 4.78 is 4.53. The number of hydrogen-bond donors (Lipinski definition) is 0. The van der Waals surface area contributed by atoms with E-state index in [0.29, 0.717) is 0 Å². The first-order valence-corrected chi connectivity index (χ1v) is 1.92. The maximum Gasteiger partial charge on any atom is 0.0537 e. The van der Waals surface area contributed by atoms with E-state index >= 15 is 0 Å². The fourth-order valence-electron chi connectivity index (χ4n) is 0.250. The van der Waals surface area contributed by atoms with Gasteiger partial charge >= 0.3 is 0 Å². The third kappa shape index (κ3) is 6.15. The summed E-state index contributed by atoms with van der Waals surface area (Å²) >= 11 is 0. The minimum Gasteiger partial charge on any atom is -0.386 e. The molecule has 7 heavy (non-hydrogen) atoms. The van der Waals surface area contributed by atoms with E-state index in [1.165, 1.54) is 7.11 Å². The second-order valence-corrected chi connectivity index (χ2v) is 1.55. The summed E-state index contributed by atoms with van der Waals surface area (Å²) in [6.07, 6.45) is 0. The van der Waals surface area contributed by atoms with Crippen LogP contribution in [0.5, 0.6) is 0 Å². The van der Waals surface area contributed by atoms with Crippen LogP contribution in [0, 0.1) is 0 Å². The van der Waals surface area contributed by atoms with Crippen LogP contribution in [0.3, 0.4) is 0 Å². The highest BCUT2D eigenvalue weighted by Gasteiger charge is 2.06. The standard InChI is InChI=1S/C3H5B3O/c1-7-2-3(4,5)6/h2H2,1H3. The van der Waals surface area contributed by atoms with Gasteiger partial charge in [-0.1, -0.05) is 0 Å². The second-order valence-electron chi connectivity index (χ2n) is 1.55. The summed E-state index contributed by atoms with van der Waals surface area (Å²) in [5, 5.41) is -1.17. The highest BCUT2D eigenvalue weighted by atomic mass is 16.5. The van der Waals surface area contributed by atoms with Crippen molar-refractivity contribution < 1.29 is 4.74 Å². The maximum absolute atomic E-state index is 5.08. The predicted octanol–water partition coefficient (Wildman–Crippen LogP) is -0.788. The number of rotatable bonds is 2. The van der Waals surface area contributed by atoms with Crippen LogP contribution in [0.4, 0.5) is 0 Å². The largest absolute Gasteiger partial charge is 0.386 e. The molecule has 0 aliphatic heterocycles. The third-order valence-corrected chi connectivity index (χ3v) is 0.394. The van der Waals surface area contributed by atoms with E-state index in [9.17, 15) is 0 Å². The zero-order valence-corrected chi connectivity index (χ0v) is 4.35. The molecule has 0 aliphatic carbocycles. The van der Waals surface area contributed by atoms with Crippen molar-refractivity contribution >= 4 is 23.5 Å². The van der Waals surface area contributed by atoms with E-state index in [1.54, 1.807) is 0 Å². The molecule has 32 valence electrons. The lowest BCUT2D eigenvalue weighted by Gasteiger charge is -2.16. The van der Waals surface area contributed by atoms with Gasteiger partial charge in [0.1, 0.15) is 0 Å². The van der Waals surface area contributed by atoms with Gasteiger partial charge in [0.15, 0.2) is 0 Å². The first-order chi connectivity index (χ1) is 3.06. The van der Waals surface area contributed by atoms with Crippen molar-refractivity contribution in [2.45, 2.75) is 5.11 Å². The van der Waals surface area contributed by atoms with Crippen LogP contribution in [0.2, 0.25) is 5.11 Å². The van der Waals surface area contributed by atoms with Gasteiger partial charge in [0.05, 0.1) is 23.5 Å². The molecular formula is C3H5B3O. The van der Waals surface area contributed by atoms with Crippen LogP contribution in [-0.2, 0) is 4.74 Å². The molecule has 0 bridgehead atoms. The van der Waals surface area contributed by atoms with Gasteiger partial charge in [-0.15, -0.1) is 5.11 Å². The molecule has 0 fully saturated rings. The molecule has 0 amide bonds. The van der Waals surface area contributed by atoms with Gasteiger partial charge < -0.3 is 4.74 Å². The minimum atomic E-state index is -1.17. The smallest absolute Gasteiger partial charge is 0.0537 e. The van der Waals surface area contributed by atoms with E-state index in [4.69, 9.17) is 23.5 Å². The Kier molecular flexibility index (Phi) is 2.51. The van der Waals surface area contributed by atoms with Crippen LogP contribution >= 0.6 is 0 Å². The Bertz CT molecular complexity index is 48.6. The predicted molar refractivity (Wildman–Crippen MR) is 31.8 cm³/mol. The quantitative estimate of drug-likeness (QED) is 0.403. The Labute approximate surface area is 48.0 Å². The van der Waals surface area contributed by atoms with Crippen molar-refractivity contribution in [3.8, 4) is 0 Å². The molecule has 0 heterocycles. The molecule has 0 rings (SSSR count). The molecule has 0 aromatic heterocycles. The molecule has 0 saturated carbocycles. The molecule has 1 nitrogen and oxygen atoms in total. The van der Waals surface area contributed by atoms with Crippen molar-refractivity contribution in [1.82, 2.24) is 0 Å². The first kappa shape index (κ1) is 7.15. The zero-order chi connectivity index (χ0) is 5.91. The highest BCUT2D eigenvalue weighted by molar-refractivity contribution is 6.59. The van der Waals surface area contributed by atoms with E-state index in [0.717, 1.165) is 0 Å². The Hall–Kier alpha value is 0.155. The van der Waals surface area contributed by atoms with Crippen LogP contribution in [-0.4, -0.2) is 37.3 Å². The fraction of sp³-hybridized carbons (Fsp3) is 1.00. The van der Waals surface area contributed by atoms with Gasteiger partial charge in [-0.2, -0.15) is 0 Å². The van der Waals surface area contributed by atoms with E-state index in [-0.39, 0.29) is 6.61 Å². The Morgan fingerprint density at radius 1 is 1.43 bits per heavy atom. The van der Waals surface area contributed by atoms with Gasteiger partial charge in [-0.3, -0.25) is 0 Å². The minimum absolute atomic E-state index is 0.174. The highest BCUT2D eigenvalue weighted by Crippen LogP contribution is 2.05. The van der Waals surface area contributed by atoms with Gasteiger partial charge in [-0.05, 0) is 0 Å². The summed E-state index contributed by atoms with van der Waals surface area (Å²) in [5.41, 5.74) is 0. The molecule has 0 spiro atoms. The lowest BCUT2D eigenvalue weighted by molar-refractivity contribution is 0.203. The number of methoxy groups -OCH3 is 1. The average molecular weight is 89.5 g/mol. The van der Waals surface area contributed by atoms with Crippen LogP contribution in [0.15, 0.2) is 0 Å². The average Bonchev–Trinajstić information content (AvgIpc) is 1.30. The number of hydrogen-bond acceptors (Lipinski definition) is 1. The van der Waals surface area contributed by atoms with E-state index < -0.39 is 5.11 Å². The molecule has 0 N–H and O–H groups in total. The van der Waals surface area contributed by atoms with E-state index in [1.807, 2.05) is 0 Å². The monoisotopic (exact) mass is 90.1 g/mol. The van der Waals surface area contributed by atoms with Crippen molar-refractivity contribution in [3.05, 3.63) is 0 Å². The van der Waals surface area contributed by atoms with Crippen LogP contribution in [0.1, 0.15) is 0 Å². The Morgan fingerprint density at radius 2 is 1.86 bits per heavy atom. The third-order valence-electron chi connectivity index (χ3n) is 0.394. The number of ether oxygens (including phenoxy) is 1. The van der Waals surface area contributed by atoms with Gasteiger partial charge in [-0.25, -0.2) is 0 Å². The summed E-state index contributed by atoms with van der Waals surface area (Å²) in [6, 6.07) is 0. The van der Waals surface area contributed by atoms with Crippen LogP contribution < -0.4 is 0 Å². The Morgan fingerprint density at radius 3 is 1.86 bits per heavy atom. The summed E-state index contributed by atoms with van der Waals surface area (Å²) in [5.74, 6) is 0. The molecule has 6 radical (unpaired) electrons. The lowest BCUT2D eigenvalue weighted by atomic mass is 9.43. The molecule has 0 aliphatic rings. The SMILES string of the molecule is [B]C([B])([B])COC. The topological polar surface area (TPSA) is 9.23 Å². The summed E-state index contributed by atoms with van der Waals surface area (Å²) in [4.78, 5) is 0. The second kappa shape index (κ2) is 2.46. The Balaban J connectivity index is 3.15. The molecule has 4 heteroatoms. The zero-order valence-electron chi connectivity index (χ0n) is 4.35. The van der Waals surface area contributed by atoms with Gasteiger partial charge in [0.2, 0.25) is 0 Å². The van der Waals surface area contributed by atoms with Gasteiger partial charge in [0, 0.05) is 13.7 Å². The van der Waals surface area contributed by atoms with Crippen molar-refractivity contribution in [3.63, 3.8) is 0 Å².